The Hall–Kier alpha value is -2.35. The zero-order chi connectivity index (χ0) is 17.5. The van der Waals surface area contributed by atoms with Crippen molar-refractivity contribution >= 4 is 34.9 Å². The van der Waals surface area contributed by atoms with E-state index < -0.39 is 10.6 Å². The van der Waals surface area contributed by atoms with Crippen LogP contribution in [-0.2, 0) is 0 Å². The predicted octanol–water partition coefficient (Wildman–Crippen LogP) is 2.67. The predicted molar refractivity (Wildman–Crippen MR) is 94.4 cm³/mol. The number of hydrogen-bond donors (Lipinski definition) is 2. The van der Waals surface area contributed by atoms with Crippen LogP contribution in [0.3, 0.4) is 0 Å². The smallest absolute Gasteiger partial charge is 0.293 e. The highest BCUT2D eigenvalue weighted by atomic mass is 35.5. The molecule has 1 aliphatic heterocycles. The van der Waals surface area contributed by atoms with E-state index in [1.54, 1.807) is 17.9 Å². The van der Waals surface area contributed by atoms with Crippen molar-refractivity contribution in [3.05, 3.63) is 32.8 Å². The number of nitro benzene ring substituents is 1. The lowest BCUT2D eigenvalue weighted by molar-refractivity contribution is -0.384. The number of guanidine groups is 2. The van der Waals surface area contributed by atoms with Gasteiger partial charge in [-0.25, -0.2) is 4.99 Å². The van der Waals surface area contributed by atoms with Gasteiger partial charge in [0.25, 0.3) is 5.69 Å². The molecule has 1 aromatic carbocycles. The van der Waals surface area contributed by atoms with Crippen molar-refractivity contribution in [2.24, 2.45) is 21.5 Å². The summed E-state index contributed by atoms with van der Waals surface area (Å²) in [4.78, 5) is 21.3. The van der Waals surface area contributed by atoms with Crippen LogP contribution in [0.2, 0.25) is 5.02 Å². The van der Waals surface area contributed by atoms with Crippen molar-refractivity contribution in [1.82, 2.24) is 0 Å². The molecule has 9 heteroatoms. The van der Waals surface area contributed by atoms with Crippen LogP contribution >= 0.6 is 11.6 Å². The average Bonchev–Trinajstić information content (AvgIpc) is 2.50. The molecule has 0 bridgehead atoms. The van der Waals surface area contributed by atoms with Gasteiger partial charge in [-0.1, -0.05) is 18.0 Å². The molecule has 1 saturated carbocycles. The van der Waals surface area contributed by atoms with Gasteiger partial charge in [-0.3, -0.25) is 15.0 Å². The minimum absolute atomic E-state index is 0.0735. The molecule has 0 atom stereocenters. The Labute approximate surface area is 144 Å². The highest BCUT2D eigenvalue weighted by Gasteiger charge is 2.44. The molecule has 1 aliphatic carbocycles. The summed E-state index contributed by atoms with van der Waals surface area (Å²) in [6, 6.07) is 3.01. The number of aliphatic imine (C=N–C) groups is 2. The lowest BCUT2D eigenvalue weighted by atomic mass is 9.87. The molecule has 0 amide bonds. The SMILES string of the molecule is Cc1cc([N+](=O)[O-])c(N2C(N)=NC(N)=NC23CCCCC3)cc1Cl. The highest BCUT2D eigenvalue weighted by Crippen LogP contribution is 2.43. The van der Waals surface area contributed by atoms with Gasteiger partial charge in [0.2, 0.25) is 11.9 Å². The highest BCUT2D eigenvalue weighted by molar-refractivity contribution is 6.32. The van der Waals surface area contributed by atoms with E-state index in [0.29, 0.717) is 29.1 Å². The maximum absolute atomic E-state index is 11.6. The van der Waals surface area contributed by atoms with Crippen LogP contribution in [0.4, 0.5) is 11.4 Å². The quantitative estimate of drug-likeness (QED) is 0.626. The summed E-state index contributed by atoms with van der Waals surface area (Å²) < 4.78 is 0. The molecule has 1 spiro atoms. The van der Waals surface area contributed by atoms with E-state index >= 15 is 0 Å². The van der Waals surface area contributed by atoms with Crippen LogP contribution in [0.5, 0.6) is 0 Å². The number of nitrogens with two attached hydrogens (primary N) is 2. The van der Waals surface area contributed by atoms with Crippen molar-refractivity contribution in [2.45, 2.75) is 44.7 Å². The average molecular weight is 351 g/mol. The van der Waals surface area contributed by atoms with Crippen molar-refractivity contribution < 1.29 is 4.92 Å². The molecule has 0 aromatic heterocycles. The summed E-state index contributed by atoms with van der Waals surface area (Å²) >= 11 is 6.22. The van der Waals surface area contributed by atoms with Gasteiger partial charge in [-0.15, -0.1) is 0 Å². The largest absolute Gasteiger partial charge is 0.369 e. The van der Waals surface area contributed by atoms with E-state index in [0.717, 1.165) is 19.3 Å². The van der Waals surface area contributed by atoms with E-state index in [2.05, 4.69) is 9.98 Å². The topological polar surface area (TPSA) is 123 Å². The molecule has 1 heterocycles. The first-order valence-corrected chi connectivity index (χ1v) is 8.16. The lowest BCUT2D eigenvalue weighted by Crippen LogP contribution is -2.58. The van der Waals surface area contributed by atoms with Crippen LogP contribution in [-0.4, -0.2) is 22.5 Å². The standard InChI is InChI=1S/C15H19ClN6O2/c1-9-7-12(22(23)24)11(8-10(9)16)21-14(18)19-13(17)20-15(21)5-3-2-4-6-15/h7-8H,2-6H2,1H3,(H4,17,18,19,20). The molecule has 24 heavy (non-hydrogen) atoms. The molecule has 0 unspecified atom stereocenters. The lowest BCUT2D eigenvalue weighted by Gasteiger charge is -2.45. The summed E-state index contributed by atoms with van der Waals surface area (Å²) in [5.41, 5.74) is 12.0. The Bertz CT molecular complexity index is 755. The molecular weight excluding hydrogens is 332 g/mol. The van der Waals surface area contributed by atoms with Gasteiger partial charge in [0.1, 0.15) is 11.4 Å². The molecule has 0 saturated heterocycles. The fourth-order valence-electron chi connectivity index (χ4n) is 3.45. The Morgan fingerprint density at radius 1 is 1.29 bits per heavy atom. The summed E-state index contributed by atoms with van der Waals surface area (Å²) in [6.07, 6.45) is 4.36. The molecule has 128 valence electrons. The third-order valence-electron chi connectivity index (χ3n) is 4.54. The Morgan fingerprint density at radius 2 is 1.96 bits per heavy atom. The van der Waals surface area contributed by atoms with Crippen molar-refractivity contribution in [3.63, 3.8) is 0 Å². The van der Waals surface area contributed by atoms with Crippen LogP contribution in [0.25, 0.3) is 0 Å². The van der Waals surface area contributed by atoms with Gasteiger partial charge in [0.05, 0.1) is 4.92 Å². The third kappa shape index (κ3) is 2.66. The van der Waals surface area contributed by atoms with E-state index in [4.69, 9.17) is 23.1 Å². The monoisotopic (exact) mass is 350 g/mol. The summed E-state index contributed by atoms with van der Waals surface area (Å²) in [5.74, 6) is 0.207. The second-order valence-corrected chi connectivity index (χ2v) is 6.57. The minimum Gasteiger partial charge on any atom is -0.369 e. The molecule has 2 aliphatic rings. The first kappa shape index (κ1) is 16.5. The van der Waals surface area contributed by atoms with Crippen LogP contribution in [0, 0.1) is 17.0 Å². The van der Waals surface area contributed by atoms with E-state index in [-0.39, 0.29) is 17.6 Å². The summed E-state index contributed by atoms with van der Waals surface area (Å²) in [5, 5.41) is 12.0. The van der Waals surface area contributed by atoms with Crippen molar-refractivity contribution in [2.75, 3.05) is 4.90 Å². The number of hydrogen-bond acceptors (Lipinski definition) is 7. The van der Waals surface area contributed by atoms with Crippen LogP contribution < -0.4 is 16.4 Å². The minimum atomic E-state index is -0.739. The zero-order valence-corrected chi connectivity index (χ0v) is 14.1. The van der Waals surface area contributed by atoms with Gasteiger partial charge in [0.15, 0.2) is 0 Å². The first-order chi connectivity index (χ1) is 11.3. The van der Waals surface area contributed by atoms with Gasteiger partial charge >= 0.3 is 0 Å². The summed E-state index contributed by atoms with van der Waals surface area (Å²) in [7, 11) is 0. The summed E-state index contributed by atoms with van der Waals surface area (Å²) in [6.45, 7) is 1.72. The number of nitro groups is 1. The van der Waals surface area contributed by atoms with Crippen LogP contribution in [0.1, 0.15) is 37.7 Å². The number of halogens is 1. The van der Waals surface area contributed by atoms with Crippen molar-refractivity contribution in [1.29, 1.82) is 0 Å². The molecule has 3 rings (SSSR count). The fourth-order valence-corrected chi connectivity index (χ4v) is 3.61. The number of aryl methyl sites for hydroxylation is 1. The Morgan fingerprint density at radius 3 is 2.58 bits per heavy atom. The van der Waals surface area contributed by atoms with Crippen LogP contribution in [0.15, 0.2) is 22.1 Å². The van der Waals surface area contributed by atoms with E-state index in [1.807, 2.05) is 0 Å². The van der Waals surface area contributed by atoms with Gasteiger partial charge in [-0.2, -0.15) is 4.99 Å². The molecule has 4 N–H and O–H groups in total. The van der Waals surface area contributed by atoms with Crippen molar-refractivity contribution in [3.8, 4) is 0 Å². The maximum atomic E-state index is 11.6. The molecule has 1 fully saturated rings. The van der Waals surface area contributed by atoms with E-state index in [1.165, 1.54) is 6.07 Å². The number of anilines is 1. The molecule has 8 nitrogen and oxygen atoms in total. The number of rotatable bonds is 2. The fraction of sp³-hybridized carbons (Fsp3) is 0.467. The van der Waals surface area contributed by atoms with Gasteiger partial charge < -0.3 is 11.5 Å². The van der Waals surface area contributed by atoms with Gasteiger partial charge in [0, 0.05) is 11.1 Å². The maximum Gasteiger partial charge on any atom is 0.293 e. The normalized spacial score (nSPS) is 19.8. The second-order valence-electron chi connectivity index (χ2n) is 6.17. The van der Waals surface area contributed by atoms with E-state index in [9.17, 15) is 10.1 Å². The molecule has 0 radical (unpaired) electrons. The Balaban J connectivity index is 2.21. The third-order valence-corrected chi connectivity index (χ3v) is 4.95. The first-order valence-electron chi connectivity index (χ1n) is 7.78. The number of benzene rings is 1. The molecule has 1 aromatic rings. The second kappa shape index (κ2) is 5.94. The van der Waals surface area contributed by atoms with Gasteiger partial charge in [-0.05, 0) is 44.2 Å². The zero-order valence-electron chi connectivity index (χ0n) is 13.3. The number of nitrogens with zero attached hydrogens (tertiary/aromatic N) is 4. The Kier molecular flexibility index (Phi) is 4.08. The molecular formula is C15H19ClN6O2.